The quantitative estimate of drug-likeness (QED) is 0.489. The molecule has 1 amide bonds. The van der Waals surface area contributed by atoms with Crippen LogP contribution in [-0.4, -0.2) is 20.9 Å². The summed E-state index contributed by atoms with van der Waals surface area (Å²) in [5.74, 6) is 0.630. The number of carbonyl (C=O) groups is 1. The Labute approximate surface area is 189 Å². The van der Waals surface area contributed by atoms with Gasteiger partial charge in [-0.25, -0.2) is 8.42 Å². The zero-order valence-corrected chi connectivity index (χ0v) is 19.5. The highest BCUT2D eigenvalue weighted by atomic mass is 32.2. The molecule has 0 atom stereocenters. The van der Waals surface area contributed by atoms with Crippen LogP contribution < -0.4 is 14.8 Å². The smallest absolute Gasteiger partial charge is 0.262 e. The number of benzene rings is 3. The van der Waals surface area contributed by atoms with Crippen LogP contribution >= 0.6 is 0 Å². The zero-order valence-electron chi connectivity index (χ0n) is 18.7. The molecule has 0 spiro atoms. The Bertz CT molecular complexity index is 1200. The molecular weight excluding hydrogens is 424 g/mol. The number of ether oxygens (including phenoxy) is 1. The van der Waals surface area contributed by atoms with E-state index in [0.29, 0.717) is 17.1 Å². The van der Waals surface area contributed by atoms with E-state index in [0.717, 1.165) is 16.7 Å². The minimum absolute atomic E-state index is 0.109. The van der Waals surface area contributed by atoms with Gasteiger partial charge in [-0.05, 0) is 67.3 Å². The molecule has 0 heterocycles. The van der Waals surface area contributed by atoms with Crippen LogP contribution in [0.1, 0.15) is 36.5 Å². The number of amides is 1. The molecule has 0 saturated carbocycles. The fourth-order valence-corrected chi connectivity index (χ4v) is 4.41. The van der Waals surface area contributed by atoms with Gasteiger partial charge in [-0.15, -0.1) is 0 Å². The number of rotatable bonds is 8. The molecule has 0 unspecified atom stereocenters. The van der Waals surface area contributed by atoms with Crippen LogP contribution in [0.4, 0.5) is 11.4 Å². The first-order valence-corrected chi connectivity index (χ1v) is 11.9. The minimum atomic E-state index is -3.74. The highest BCUT2D eigenvalue weighted by molar-refractivity contribution is 7.92. The largest absolute Gasteiger partial charge is 0.483 e. The van der Waals surface area contributed by atoms with Gasteiger partial charge in [0, 0.05) is 5.69 Å². The summed E-state index contributed by atoms with van der Waals surface area (Å²) in [6.07, 6.45) is 0. The second kappa shape index (κ2) is 9.87. The van der Waals surface area contributed by atoms with E-state index in [-0.39, 0.29) is 23.3 Å². The van der Waals surface area contributed by atoms with Crippen molar-refractivity contribution >= 4 is 27.3 Å². The first-order valence-electron chi connectivity index (χ1n) is 10.4. The Morgan fingerprint density at radius 2 is 1.66 bits per heavy atom. The van der Waals surface area contributed by atoms with Crippen molar-refractivity contribution in [3.8, 4) is 5.75 Å². The summed E-state index contributed by atoms with van der Waals surface area (Å²) >= 11 is 0. The molecule has 0 saturated heterocycles. The third-order valence-corrected chi connectivity index (χ3v) is 6.36. The SMILES string of the molecule is Cc1ccc(NS(=O)(=O)c2ccc(NC(=O)COc3ccccc3C(C)C)cc2)c(C)c1. The number of anilines is 2. The Hall–Kier alpha value is -3.32. The molecule has 3 aromatic carbocycles. The van der Waals surface area contributed by atoms with Crippen molar-refractivity contribution < 1.29 is 17.9 Å². The normalized spacial score (nSPS) is 11.3. The number of para-hydroxylation sites is 1. The number of hydrogen-bond donors (Lipinski definition) is 2. The molecule has 0 aliphatic rings. The molecule has 0 aliphatic carbocycles. The third-order valence-electron chi connectivity index (χ3n) is 4.97. The second-order valence-corrected chi connectivity index (χ2v) is 9.66. The topological polar surface area (TPSA) is 84.5 Å². The summed E-state index contributed by atoms with van der Waals surface area (Å²) in [7, 11) is -3.74. The lowest BCUT2D eigenvalue weighted by Gasteiger charge is -2.14. The Kier molecular flexibility index (Phi) is 7.20. The van der Waals surface area contributed by atoms with Gasteiger partial charge in [0.1, 0.15) is 5.75 Å². The zero-order chi connectivity index (χ0) is 23.3. The summed E-state index contributed by atoms with van der Waals surface area (Å²) in [6.45, 7) is 7.79. The molecular formula is C25H28N2O4S. The summed E-state index contributed by atoms with van der Waals surface area (Å²) in [5.41, 5.74) is 3.96. The number of aryl methyl sites for hydroxylation is 2. The van der Waals surface area contributed by atoms with Crippen molar-refractivity contribution in [1.29, 1.82) is 0 Å². The molecule has 0 aromatic heterocycles. The number of nitrogens with one attached hydrogen (secondary N) is 2. The minimum Gasteiger partial charge on any atom is -0.483 e. The van der Waals surface area contributed by atoms with Crippen molar-refractivity contribution in [3.63, 3.8) is 0 Å². The fraction of sp³-hybridized carbons (Fsp3) is 0.240. The van der Waals surface area contributed by atoms with Crippen LogP contribution in [0.5, 0.6) is 5.75 Å². The van der Waals surface area contributed by atoms with Gasteiger partial charge in [-0.3, -0.25) is 9.52 Å². The van der Waals surface area contributed by atoms with E-state index in [9.17, 15) is 13.2 Å². The first kappa shape index (κ1) is 23.3. The van der Waals surface area contributed by atoms with E-state index >= 15 is 0 Å². The maximum Gasteiger partial charge on any atom is 0.262 e. The van der Waals surface area contributed by atoms with Crippen LogP contribution in [0.3, 0.4) is 0 Å². The van der Waals surface area contributed by atoms with Gasteiger partial charge in [0.05, 0.1) is 10.6 Å². The van der Waals surface area contributed by atoms with Crippen LogP contribution in [0.2, 0.25) is 0 Å². The van der Waals surface area contributed by atoms with Crippen LogP contribution in [0.15, 0.2) is 71.6 Å². The maximum absolute atomic E-state index is 12.7. The van der Waals surface area contributed by atoms with E-state index in [4.69, 9.17) is 4.74 Å². The molecule has 0 fully saturated rings. The van der Waals surface area contributed by atoms with Gasteiger partial charge >= 0.3 is 0 Å². The standard InChI is InChI=1S/C25H28N2O4S/c1-17(2)22-7-5-6-8-24(22)31-16-25(28)26-20-10-12-21(13-11-20)32(29,30)27-23-14-9-18(3)15-19(23)4/h5-15,17,27H,16H2,1-4H3,(H,26,28). The summed E-state index contributed by atoms with van der Waals surface area (Å²) in [5, 5.41) is 2.73. The van der Waals surface area contributed by atoms with E-state index in [1.165, 1.54) is 12.1 Å². The van der Waals surface area contributed by atoms with Crippen LogP contribution in [-0.2, 0) is 14.8 Å². The molecule has 6 nitrogen and oxygen atoms in total. The summed E-state index contributed by atoms with van der Waals surface area (Å²) in [4.78, 5) is 12.4. The Morgan fingerprint density at radius 1 is 0.969 bits per heavy atom. The van der Waals surface area contributed by atoms with Gasteiger partial charge in [0.15, 0.2) is 6.61 Å². The van der Waals surface area contributed by atoms with Gasteiger partial charge in [0.2, 0.25) is 0 Å². The maximum atomic E-state index is 12.7. The van der Waals surface area contributed by atoms with Gasteiger partial charge < -0.3 is 10.1 Å². The summed E-state index contributed by atoms with van der Waals surface area (Å²) < 4.78 is 33.7. The molecule has 0 radical (unpaired) electrons. The van der Waals surface area contributed by atoms with Crippen molar-refractivity contribution in [3.05, 3.63) is 83.4 Å². The molecule has 0 bridgehead atoms. The molecule has 7 heteroatoms. The van der Waals surface area contributed by atoms with E-state index in [1.54, 1.807) is 18.2 Å². The summed E-state index contributed by atoms with van der Waals surface area (Å²) in [6, 6.07) is 19.1. The third kappa shape index (κ3) is 5.88. The highest BCUT2D eigenvalue weighted by Gasteiger charge is 2.16. The van der Waals surface area contributed by atoms with Crippen LogP contribution in [0, 0.1) is 13.8 Å². The fourth-order valence-electron chi connectivity index (χ4n) is 3.28. The Balaban J connectivity index is 1.62. The van der Waals surface area contributed by atoms with E-state index in [1.807, 2.05) is 50.2 Å². The van der Waals surface area contributed by atoms with Crippen LogP contribution in [0.25, 0.3) is 0 Å². The highest BCUT2D eigenvalue weighted by Crippen LogP contribution is 2.26. The average molecular weight is 453 g/mol. The molecule has 2 N–H and O–H groups in total. The number of carbonyl (C=O) groups excluding carboxylic acids is 1. The molecule has 3 rings (SSSR count). The van der Waals surface area contributed by atoms with Gasteiger partial charge in [0.25, 0.3) is 15.9 Å². The molecule has 168 valence electrons. The molecule has 0 aliphatic heterocycles. The number of sulfonamides is 1. The lowest BCUT2D eigenvalue weighted by atomic mass is 10.0. The van der Waals surface area contributed by atoms with Crippen molar-refractivity contribution in [2.75, 3.05) is 16.6 Å². The molecule has 32 heavy (non-hydrogen) atoms. The van der Waals surface area contributed by atoms with Gasteiger partial charge in [-0.1, -0.05) is 49.7 Å². The Morgan fingerprint density at radius 3 is 2.31 bits per heavy atom. The van der Waals surface area contributed by atoms with Gasteiger partial charge in [-0.2, -0.15) is 0 Å². The number of hydrogen-bond acceptors (Lipinski definition) is 4. The van der Waals surface area contributed by atoms with E-state index < -0.39 is 10.0 Å². The molecule has 3 aromatic rings. The predicted octanol–water partition coefficient (Wildman–Crippen LogP) is 5.25. The average Bonchev–Trinajstić information content (AvgIpc) is 2.75. The predicted molar refractivity (Wildman–Crippen MR) is 128 cm³/mol. The second-order valence-electron chi connectivity index (χ2n) is 7.98. The lowest BCUT2D eigenvalue weighted by Crippen LogP contribution is -2.20. The van der Waals surface area contributed by atoms with E-state index in [2.05, 4.69) is 23.9 Å². The lowest BCUT2D eigenvalue weighted by molar-refractivity contribution is -0.118. The van der Waals surface area contributed by atoms with Crippen molar-refractivity contribution in [2.45, 2.75) is 38.5 Å². The van der Waals surface area contributed by atoms with Crippen molar-refractivity contribution in [2.24, 2.45) is 0 Å². The first-order chi connectivity index (χ1) is 15.2. The van der Waals surface area contributed by atoms with Crippen molar-refractivity contribution in [1.82, 2.24) is 0 Å². The monoisotopic (exact) mass is 452 g/mol.